The normalized spacial score (nSPS) is 20.4. The fourth-order valence-corrected chi connectivity index (χ4v) is 3.91. The number of anilines is 1. The molecule has 8 nitrogen and oxygen atoms in total. The quantitative estimate of drug-likeness (QED) is 0.779. The molecule has 2 heterocycles. The molecule has 2 aliphatic heterocycles. The van der Waals surface area contributed by atoms with Gasteiger partial charge < -0.3 is 24.6 Å². The number of ether oxygens (including phenoxy) is 2. The average Bonchev–Trinajstić information content (AvgIpc) is 3.15. The highest BCUT2D eigenvalue weighted by molar-refractivity contribution is 6.01. The van der Waals surface area contributed by atoms with Crippen LogP contribution in [0.4, 0.5) is 5.69 Å². The fourth-order valence-electron chi connectivity index (χ4n) is 3.91. The Hall–Kier alpha value is -2.77. The summed E-state index contributed by atoms with van der Waals surface area (Å²) in [6.45, 7) is 3.46. The first-order chi connectivity index (χ1) is 13.9. The second-order valence-electron chi connectivity index (χ2n) is 7.56. The number of methoxy groups -OCH3 is 2. The molecule has 2 unspecified atom stereocenters. The number of nitrogens with one attached hydrogen (secondary N) is 1. The Kier molecular flexibility index (Phi) is 6.61. The number of likely N-dealkylation sites (tertiary alicyclic amines) is 1. The Morgan fingerprint density at radius 3 is 2.45 bits per heavy atom. The molecule has 0 radical (unpaired) electrons. The summed E-state index contributed by atoms with van der Waals surface area (Å²) in [5.41, 5.74) is 0.653. The molecule has 1 aromatic carbocycles. The molecule has 2 aliphatic rings. The molecule has 0 bridgehead atoms. The predicted octanol–water partition coefficient (Wildman–Crippen LogP) is 1.57. The molecule has 1 N–H and O–H groups in total. The van der Waals surface area contributed by atoms with E-state index in [2.05, 4.69) is 5.32 Å². The van der Waals surface area contributed by atoms with Gasteiger partial charge >= 0.3 is 0 Å². The van der Waals surface area contributed by atoms with Gasteiger partial charge in [-0.15, -0.1) is 0 Å². The van der Waals surface area contributed by atoms with Gasteiger partial charge in [0.25, 0.3) is 0 Å². The van der Waals surface area contributed by atoms with Crippen LogP contribution in [0.15, 0.2) is 18.2 Å². The standard InChI is InChI=1S/C21H29N3O5/c1-14(21(27)23-9-5-4-6-10-23)22-20(26)15-11-19(25)24(13-15)16-7-8-17(28-2)18(12-16)29-3/h7-8,12,14-15H,4-6,9-11,13H2,1-3H3,(H,22,26). The van der Waals surface area contributed by atoms with Crippen molar-refractivity contribution in [3.63, 3.8) is 0 Å². The van der Waals surface area contributed by atoms with Crippen molar-refractivity contribution in [1.29, 1.82) is 0 Å². The van der Waals surface area contributed by atoms with Crippen molar-refractivity contribution in [2.24, 2.45) is 5.92 Å². The van der Waals surface area contributed by atoms with E-state index in [1.165, 1.54) is 7.11 Å². The topological polar surface area (TPSA) is 88.2 Å². The highest BCUT2D eigenvalue weighted by Gasteiger charge is 2.36. The van der Waals surface area contributed by atoms with Crippen LogP contribution < -0.4 is 19.7 Å². The molecule has 0 spiro atoms. The van der Waals surface area contributed by atoms with Crippen LogP contribution in [0.2, 0.25) is 0 Å². The van der Waals surface area contributed by atoms with Crippen molar-refractivity contribution >= 4 is 23.4 Å². The summed E-state index contributed by atoms with van der Waals surface area (Å²) in [5.74, 6) is 0.145. The highest BCUT2D eigenvalue weighted by Crippen LogP contribution is 2.34. The summed E-state index contributed by atoms with van der Waals surface area (Å²) in [4.78, 5) is 41.1. The first-order valence-corrected chi connectivity index (χ1v) is 10.1. The Balaban J connectivity index is 1.62. The summed E-state index contributed by atoms with van der Waals surface area (Å²) in [6.07, 6.45) is 3.26. The third-order valence-corrected chi connectivity index (χ3v) is 5.57. The summed E-state index contributed by atoms with van der Waals surface area (Å²) in [7, 11) is 3.08. The lowest BCUT2D eigenvalue weighted by atomic mass is 10.1. The van der Waals surface area contributed by atoms with E-state index >= 15 is 0 Å². The Morgan fingerprint density at radius 1 is 1.10 bits per heavy atom. The largest absolute Gasteiger partial charge is 0.493 e. The molecule has 3 rings (SSSR count). The van der Waals surface area contributed by atoms with Gasteiger partial charge in [0.2, 0.25) is 17.7 Å². The van der Waals surface area contributed by atoms with E-state index < -0.39 is 12.0 Å². The number of carbonyl (C=O) groups is 3. The van der Waals surface area contributed by atoms with Crippen molar-refractivity contribution in [2.45, 2.75) is 38.6 Å². The highest BCUT2D eigenvalue weighted by atomic mass is 16.5. The van der Waals surface area contributed by atoms with E-state index in [1.807, 2.05) is 4.90 Å². The molecule has 0 aliphatic carbocycles. The van der Waals surface area contributed by atoms with Gasteiger partial charge in [0.15, 0.2) is 11.5 Å². The number of hydrogen-bond donors (Lipinski definition) is 1. The maximum Gasteiger partial charge on any atom is 0.244 e. The molecule has 2 fully saturated rings. The molecule has 2 atom stereocenters. The summed E-state index contributed by atoms with van der Waals surface area (Å²) >= 11 is 0. The first kappa shape index (κ1) is 21.0. The Labute approximate surface area is 171 Å². The van der Waals surface area contributed by atoms with E-state index in [4.69, 9.17) is 9.47 Å². The molecule has 2 saturated heterocycles. The molecule has 8 heteroatoms. The number of hydrogen-bond acceptors (Lipinski definition) is 5. The van der Waals surface area contributed by atoms with Crippen LogP contribution >= 0.6 is 0 Å². The van der Waals surface area contributed by atoms with Crippen LogP contribution in [-0.2, 0) is 14.4 Å². The SMILES string of the molecule is COc1ccc(N2CC(C(=O)NC(C)C(=O)N3CCCCC3)CC2=O)cc1OC. The number of nitrogens with zero attached hydrogens (tertiary/aromatic N) is 2. The second-order valence-corrected chi connectivity index (χ2v) is 7.56. The van der Waals surface area contributed by atoms with E-state index in [0.717, 1.165) is 32.4 Å². The molecular weight excluding hydrogens is 374 g/mol. The molecule has 158 valence electrons. The minimum Gasteiger partial charge on any atom is -0.493 e. The fraction of sp³-hybridized carbons (Fsp3) is 0.571. The minimum atomic E-state index is -0.592. The Morgan fingerprint density at radius 2 is 1.79 bits per heavy atom. The van der Waals surface area contributed by atoms with Crippen LogP contribution in [0, 0.1) is 5.92 Å². The zero-order chi connectivity index (χ0) is 21.0. The molecule has 29 heavy (non-hydrogen) atoms. The Bertz CT molecular complexity index is 776. The lowest BCUT2D eigenvalue weighted by molar-refractivity contribution is -0.137. The van der Waals surface area contributed by atoms with Gasteiger partial charge in [-0.25, -0.2) is 0 Å². The lowest BCUT2D eigenvalue weighted by Gasteiger charge is -2.29. The first-order valence-electron chi connectivity index (χ1n) is 10.1. The molecule has 1 aromatic rings. The van der Waals surface area contributed by atoms with Gasteiger partial charge in [0, 0.05) is 37.8 Å². The maximum absolute atomic E-state index is 12.7. The van der Waals surface area contributed by atoms with Gasteiger partial charge in [0.1, 0.15) is 6.04 Å². The summed E-state index contributed by atoms with van der Waals surface area (Å²) < 4.78 is 10.5. The smallest absolute Gasteiger partial charge is 0.244 e. The van der Waals surface area contributed by atoms with Crippen molar-refractivity contribution in [3.8, 4) is 11.5 Å². The van der Waals surface area contributed by atoms with E-state index in [0.29, 0.717) is 17.2 Å². The third kappa shape index (κ3) is 4.63. The monoisotopic (exact) mass is 403 g/mol. The average molecular weight is 403 g/mol. The van der Waals surface area contributed by atoms with Crippen molar-refractivity contribution in [3.05, 3.63) is 18.2 Å². The lowest BCUT2D eigenvalue weighted by Crippen LogP contribution is -2.50. The van der Waals surface area contributed by atoms with Gasteiger partial charge in [-0.3, -0.25) is 14.4 Å². The molecule has 0 saturated carbocycles. The van der Waals surface area contributed by atoms with E-state index in [1.54, 1.807) is 37.1 Å². The maximum atomic E-state index is 12.7. The van der Waals surface area contributed by atoms with E-state index in [9.17, 15) is 14.4 Å². The molecule has 0 aromatic heterocycles. The van der Waals surface area contributed by atoms with Crippen molar-refractivity contribution < 1.29 is 23.9 Å². The van der Waals surface area contributed by atoms with Crippen LogP contribution in [0.1, 0.15) is 32.6 Å². The zero-order valence-electron chi connectivity index (χ0n) is 17.3. The predicted molar refractivity (Wildman–Crippen MR) is 108 cm³/mol. The van der Waals surface area contributed by atoms with E-state index in [-0.39, 0.29) is 30.7 Å². The zero-order valence-corrected chi connectivity index (χ0v) is 17.3. The van der Waals surface area contributed by atoms with Gasteiger partial charge in [-0.05, 0) is 38.3 Å². The van der Waals surface area contributed by atoms with Crippen molar-refractivity contribution in [1.82, 2.24) is 10.2 Å². The minimum absolute atomic E-state index is 0.0564. The second kappa shape index (κ2) is 9.15. The van der Waals surface area contributed by atoms with Gasteiger partial charge in [-0.2, -0.15) is 0 Å². The molecule has 3 amide bonds. The van der Waals surface area contributed by atoms with Crippen LogP contribution in [0.25, 0.3) is 0 Å². The number of carbonyl (C=O) groups excluding carboxylic acids is 3. The van der Waals surface area contributed by atoms with Gasteiger partial charge in [0.05, 0.1) is 20.1 Å². The number of rotatable bonds is 6. The van der Waals surface area contributed by atoms with Crippen LogP contribution in [-0.4, -0.2) is 62.5 Å². The van der Waals surface area contributed by atoms with Gasteiger partial charge in [-0.1, -0.05) is 0 Å². The van der Waals surface area contributed by atoms with Crippen LogP contribution in [0.3, 0.4) is 0 Å². The summed E-state index contributed by atoms with van der Waals surface area (Å²) in [5, 5.41) is 2.80. The number of benzene rings is 1. The third-order valence-electron chi connectivity index (χ3n) is 5.57. The number of piperidine rings is 1. The van der Waals surface area contributed by atoms with Crippen LogP contribution in [0.5, 0.6) is 11.5 Å². The van der Waals surface area contributed by atoms with Crippen molar-refractivity contribution in [2.75, 3.05) is 38.8 Å². The number of amides is 3. The molecular formula is C21H29N3O5. The summed E-state index contributed by atoms with van der Waals surface area (Å²) in [6, 6.07) is 4.63.